The summed E-state index contributed by atoms with van der Waals surface area (Å²) >= 11 is 1.30. The van der Waals surface area contributed by atoms with Crippen molar-refractivity contribution in [2.45, 2.75) is 30.4 Å². The van der Waals surface area contributed by atoms with Gasteiger partial charge in [0.05, 0.1) is 4.92 Å². The van der Waals surface area contributed by atoms with Crippen LogP contribution in [-0.2, 0) is 6.54 Å². The molecule has 9 heteroatoms. The van der Waals surface area contributed by atoms with Gasteiger partial charge in [-0.25, -0.2) is 0 Å². The first kappa shape index (κ1) is 21.3. The summed E-state index contributed by atoms with van der Waals surface area (Å²) in [5, 5.41) is 29.7. The average molecular weight is 423 g/mol. The Kier molecular flexibility index (Phi) is 6.37. The maximum atomic E-state index is 11.3. The normalized spacial score (nSPS) is 10.8. The predicted octanol–water partition coefficient (Wildman–Crippen LogP) is 4.60. The Bertz CT molecular complexity index is 1100. The van der Waals surface area contributed by atoms with Crippen LogP contribution in [0.5, 0.6) is 0 Å². The summed E-state index contributed by atoms with van der Waals surface area (Å²) < 4.78 is 2.03. The third kappa shape index (κ3) is 4.60. The first-order valence-corrected chi connectivity index (χ1v) is 10.2. The van der Waals surface area contributed by atoms with Crippen molar-refractivity contribution in [2.75, 3.05) is 19.0 Å². The van der Waals surface area contributed by atoms with E-state index < -0.39 is 4.92 Å². The van der Waals surface area contributed by atoms with Gasteiger partial charge in [-0.1, -0.05) is 13.8 Å². The van der Waals surface area contributed by atoms with Gasteiger partial charge in [-0.05, 0) is 54.1 Å². The fraction of sp³-hybridized carbons (Fsp3) is 0.286. The molecule has 3 rings (SSSR count). The number of hydrogen-bond acceptors (Lipinski definition) is 7. The van der Waals surface area contributed by atoms with Crippen molar-refractivity contribution in [3.8, 4) is 17.5 Å². The van der Waals surface area contributed by atoms with Crippen LogP contribution in [0.3, 0.4) is 0 Å². The highest BCUT2D eigenvalue weighted by Crippen LogP contribution is 2.33. The van der Waals surface area contributed by atoms with Crippen molar-refractivity contribution in [3.05, 3.63) is 58.1 Å². The lowest BCUT2D eigenvalue weighted by Crippen LogP contribution is -2.09. The van der Waals surface area contributed by atoms with Crippen molar-refractivity contribution in [1.29, 1.82) is 5.26 Å². The van der Waals surface area contributed by atoms with E-state index in [1.54, 1.807) is 6.07 Å². The molecule has 0 radical (unpaired) electrons. The Labute approximate surface area is 179 Å². The van der Waals surface area contributed by atoms with E-state index in [4.69, 9.17) is 5.26 Å². The van der Waals surface area contributed by atoms with E-state index in [0.29, 0.717) is 22.5 Å². The fourth-order valence-corrected chi connectivity index (χ4v) is 3.81. The average Bonchev–Trinajstić information content (AvgIpc) is 3.09. The van der Waals surface area contributed by atoms with Gasteiger partial charge in [0.15, 0.2) is 11.0 Å². The Morgan fingerprint density at radius 2 is 1.90 bits per heavy atom. The highest BCUT2D eigenvalue weighted by Gasteiger charge is 2.19. The summed E-state index contributed by atoms with van der Waals surface area (Å²) in [4.78, 5) is 13.4. The van der Waals surface area contributed by atoms with Crippen molar-refractivity contribution in [2.24, 2.45) is 5.92 Å². The minimum atomic E-state index is -0.542. The van der Waals surface area contributed by atoms with Crippen LogP contribution in [0, 0.1) is 27.4 Å². The second-order valence-electron chi connectivity index (χ2n) is 7.40. The Balaban J connectivity index is 1.99. The SMILES string of the molecule is CC(C)Cn1c(Sc2ccc(C#N)c([N+](=O)[O-])c2)nnc1-c1ccc(N(C)C)cc1. The van der Waals surface area contributed by atoms with E-state index in [1.807, 2.05) is 53.9 Å². The Morgan fingerprint density at radius 1 is 1.20 bits per heavy atom. The number of nitro benzene ring substituents is 1. The maximum absolute atomic E-state index is 11.3. The van der Waals surface area contributed by atoms with Crippen LogP contribution in [0.2, 0.25) is 0 Å². The Morgan fingerprint density at radius 3 is 2.47 bits per heavy atom. The third-order valence-corrected chi connectivity index (χ3v) is 5.38. The van der Waals surface area contributed by atoms with Gasteiger partial charge in [-0.15, -0.1) is 10.2 Å². The number of nitro groups is 1. The topological polar surface area (TPSA) is 101 Å². The van der Waals surface area contributed by atoms with Gasteiger partial charge in [0, 0.05) is 42.9 Å². The lowest BCUT2D eigenvalue weighted by Gasteiger charge is -2.14. The van der Waals surface area contributed by atoms with Crippen LogP contribution in [0.1, 0.15) is 19.4 Å². The summed E-state index contributed by atoms with van der Waals surface area (Å²) in [6.45, 7) is 4.93. The molecule has 0 N–H and O–H groups in total. The van der Waals surface area contributed by atoms with E-state index >= 15 is 0 Å². The second-order valence-corrected chi connectivity index (χ2v) is 8.44. The van der Waals surface area contributed by atoms with Crippen molar-refractivity contribution >= 4 is 23.1 Å². The van der Waals surface area contributed by atoms with Gasteiger partial charge < -0.3 is 9.47 Å². The van der Waals surface area contributed by atoms with E-state index in [2.05, 4.69) is 24.0 Å². The molecule has 0 amide bonds. The monoisotopic (exact) mass is 422 g/mol. The molecule has 154 valence electrons. The first-order valence-electron chi connectivity index (χ1n) is 9.37. The highest BCUT2D eigenvalue weighted by atomic mass is 32.2. The summed E-state index contributed by atoms with van der Waals surface area (Å²) in [6, 6.07) is 14.5. The van der Waals surface area contributed by atoms with E-state index in [1.165, 1.54) is 23.9 Å². The summed E-state index contributed by atoms with van der Waals surface area (Å²) in [5.74, 6) is 1.11. The molecule has 0 aliphatic rings. The molecule has 3 aromatic rings. The number of rotatable bonds is 7. The van der Waals surface area contributed by atoms with Crippen LogP contribution >= 0.6 is 11.8 Å². The molecule has 0 atom stereocenters. The smallest absolute Gasteiger partial charge is 0.288 e. The summed E-state index contributed by atoms with van der Waals surface area (Å²) in [5.41, 5.74) is 1.87. The highest BCUT2D eigenvalue weighted by molar-refractivity contribution is 7.99. The van der Waals surface area contributed by atoms with Gasteiger partial charge in [-0.3, -0.25) is 10.1 Å². The van der Waals surface area contributed by atoms with Crippen molar-refractivity contribution in [3.63, 3.8) is 0 Å². The van der Waals surface area contributed by atoms with E-state index in [9.17, 15) is 10.1 Å². The van der Waals surface area contributed by atoms with Crippen LogP contribution in [0.4, 0.5) is 11.4 Å². The zero-order chi connectivity index (χ0) is 21.8. The standard InChI is InChI=1S/C21H22N6O2S/c1-14(2)13-26-20(15-5-8-17(9-6-15)25(3)4)23-24-21(26)30-18-10-7-16(12-22)19(11-18)27(28)29/h5-11,14H,13H2,1-4H3. The minimum Gasteiger partial charge on any atom is -0.378 e. The molecule has 0 aliphatic carbocycles. The molecular formula is C21H22N6O2S. The summed E-state index contributed by atoms with van der Waals surface area (Å²) in [6.07, 6.45) is 0. The lowest BCUT2D eigenvalue weighted by atomic mass is 10.1. The first-order chi connectivity index (χ1) is 14.3. The predicted molar refractivity (Wildman–Crippen MR) is 117 cm³/mol. The number of aromatic nitrogens is 3. The molecule has 0 bridgehead atoms. The maximum Gasteiger partial charge on any atom is 0.288 e. The molecule has 0 aliphatic heterocycles. The van der Waals surface area contributed by atoms with Gasteiger partial charge >= 0.3 is 0 Å². The fourth-order valence-electron chi connectivity index (χ4n) is 2.94. The van der Waals surface area contributed by atoms with Crippen molar-refractivity contribution in [1.82, 2.24) is 14.8 Å². The molecule has 1 aromatic heterocycles. The molecular weight excluding hydrogens is 400 g/mol. The van der Waals surface area contributed by atoms with E-state index in [0.717, 1.165) is 17.1 Å². The largest absolute Gasteiger partial charge is 0.378 e. The second kappa shape index (κ2) is 8.97. The zero-order valence-corrected chi connectivity index (χ0v) is 18.1. The molecule has 0 saturated carbocycles. The third-order valence-electron chi connectivity index (χ3n) is 4.40. The zero-order valence-electron chi connectivity index (χ0n) is 17.2. The molecule has 0 fully saturated rings. The number of nitriles is 1. The van der Waals surface area contributed by atoms with Crippen LogP contribution in [-0.4, -0.2) is 33.8 Å². The number of nitrogens with zero attached hydrogens (tertiary/aromatic N) is 6. The molecule has 30 heavy (non-hydrogen) atoms. The molecule has 0 spiro atoms. The molecule has 1 heterocycles. The van der Waals surface area contributed by atoms with Crippen LogP contribution in [0.25, 0.3) is 11.4 Å². The number of benzene rings is 2. The quantitative estimate of drug-likeness (QED) is 0.405. The van der Waals surface area contributed by atoms with Crippen molar-refractivity contribution < 1.29 is 4.92 Å². The minimum absolute atomic E-state index is 0.0367. The number of hydrogen-bond donors (Lipinski definition) is 0. The summed E-state index contributed by atoms with van der Waals surface area (Å²) in [7, 11) is 3.98. The number of anilines is 1. The van der Waals surface area contributed by atoms with Gasteiger partial charge in [0.1, 0.15) is 11.6 Å². The van der Waals surface area contributed by atoms with Gasteiger partial charge in [-0.2, -0.15) is 5.26 Å². The molecule has 2 aromatic carbocycles. The molecule has 0 saturated heterocycles. The van der Waals surface area contributed by atoms with E-state index in [-0.39, 0.29) is 11.3 Å². The molecule has 0 unspecified atom stereocenters. The van der Waals surface area contributed by atoms with Crippen LogP contribution in [0.15, 0.2) is 52.5 Å². The Hall–Kier alpha value is -3.38. The van der Waals surface area contributed by atoms with Gasteiger partial charge in [0.2, 0.25) is 0 Å². The van der Waals surface area contributed by atoms with Gasteiger partial charge in [0.25, 0.3) is 5.69 Å². The lowest BCUT2D eigenvalue weighted by molar-refractivity contribution is -0.385. The van der Waals surface area contributed by atoms with Crippen LogP contribution < -0.4 is 4.90 Å². The molecule has 8 nitrogen and oxygen atoms in total.